The van der Waals surface area contributed by atoms with Crippen molar-refractivity contribution in [1.82, 2.24) is 19.2 Å². The van der Waals surface area contributed by atoms with Gasteiger partial charge in [0.1, 0.15) is 5.82 Å². The summed E-state index contributed by atoms with van der Waals surface area (Å²) in [6.07, 6.45) is 0.830. The van der Waals surface area contributed by atoms with Crippen molar-refractivity contribution in [3.05, 3.63) is 64.7 Å². The van der Waals surface area contributed by atoms with Gasteiger partial charge in [-0.3, -0.25) is 13.8 Å². The van der Waals surface area contributed by atoms with Gasteiger partial charge in [-0.2, -0.15) is 0 Å². The summed E-state index contributed by atoms with van der Waals surface area (Å²) in [6.45, 7) is 4.99. The molecule has 0 radical (unpaired) electrons. The second kappa shape index (κ2) is 7.52. The van der Waals surface area contributed by atoms with Gasteiger partial charge in [0.2, 0.25) is 5.78 Å². The second-order valence-electron chi connectivity index (χ2n) is 6.91. The SMILES string of the molecule is CC(C)OCCCn1c(=O)c2ccccc2n2c(-c3ccc(F)cc3)nnc12. The second-order valence-corrected chi connectivity index (χ2v) is 6.91. The lowest BCUT2D eigenvalue weighted by molar-refractivity contribution is 0.0748. The van der Waals surface area contributed by atoms with Crippen LogP contribution in [0.1, 0.15) is 20.3 Å². The molecule has 0 aliphatic carbocycles. The van der Waals surface area contributed by atoms with Crippen molar-refractivity contribution in [3.63, 3.8) is 0 Å². The summed E-state index contributed by atoms with van der Waals surface area (Å²) in [4.78, 5) is 13.1. The van der Waals surface area contributed by atoms with E-state index < -0.39 is 0 Å². The van der Waals surface area contributed by atoms with Crippen molar-refractivity contribution in [2.24, 2.45) is 0 Å². The highest BCUT2D eigenvalue weighted by Gasteiger charge is 2.17. The van der Waals surface area contributed by atoms with E-state index in [9.17, 15) is 9.18 Å². The van der Waals surface area contributed by atoms with Gasteiger partial charge in [0.05, 0.1) is 17.0 Å². The van der Waals surface area contributed by atoms with Crippen LogP contribution in [-0.4, -0.2) is 31.9 Å². The predicted octanol–water partition coefficient (Wildman–Crippen LogP) is 3.67. The molecule has 0 amide bonds. The van der Waals surface area contributed by atoms with E-state index >= 15 is 0 Å². The number of ether oxygens (including phenoxy) is 1. The molecule has 0 fully saturated rings. The lowest BCUT2D eigenvalue weighted by Gasteiger charge is -2.12. The van der Waals surface area contributed by atoms with Crippen LogP contribution in [0, 0.1) is 5.82 Å². The van der Waals surface area contributed by atoms with Crippen LogP contribution in [0.2, 0.25) is 0 Å². The van der Waals surface area contributed by atoms with Crippen molar-refractivity contribution in [1.29, 1.82) is 0 Å². The molecule has 0 atom stereocenters. The Labute approximate surface area is 161 Å². The van der Waals surface area contributed by atoms with Gasteiger partial charge < -0.3 is 4.74 Å². The number of hydrogen-bond acceptors (Lipinski definition) is 4. The number of aryl methyl sites for hydroxylation is 1. The largest absolute Gasteiger partial charge is 0.379 e. The first-order valence-electron chi connectivity index (χ1n) is 9.30. The maximum atomic E-state index is 13.3. The van der Waals surface area contributed by atoms with Crippen molar-refractivity contribution in [3.8, 4) is 11.4 Å². The van der Waals surface area contributed by atoms with E-state index in [4.69, 9.17) is 4.74 Å². The average molecular weight is 380 g/mol. The first-order chi connectivity index (χ1) is 13.6. The highest BCUT2D eigenvalue weighted by Crippen LogP contribution is 2.22. The van der Waals surface area contributed by atoms with E-state index in [0.717, 1.165) is 11.1 Å². The normalized spacial score (nSPS) is 11.7. The zero-order chi connectivity index (χ0) is 19.7. The lowest BCUT2D eigenvalue weighted by Crippen LogP contribution is -2.24. The Bertz CT molecular complexity index is 1180. The number of para-hydroxylation sites is 1. The first kappa shape index (κ1) is 18.3. The van der Waals surface area contributed by atoms with E-state index in [1.165, 1.54) is 12.1 Å². The van der Waals surface area contributed by atoms with Gasteiger partial charge in [-0.25, -0.2) is 4.39 Å². The summed E-state index contributed by atoms with van der Waals surface area (Å²) in [5.41, 5.74) is 1.35. The minimum absolute atomic E-state index is 0.106. The number of hydrogen-bond donors (Lipinski definition) is 0. The fourth-order valence-electron chi connectivity index (χ4n) is 3.29. The molecule has 7 heteroatoms. The molecule has 0 aliphatic heterocycles. The standard InChI is InChI=1S/C21H21FN4O2/c1-14(2)28-13-5-12-25-20(27)17-6-3-4-7-18(17)26-19(23-24-21(25)26)15-8-10-16(22)11-9-15/h3-4,6-11,14H,5,12-13H2,1-2H3. The van der Waals surface area contributed by atoms with E-state index in [0.29, 0.717) is 36.6 Å². The monoisotopic (exact) mass is 380 g/mol. The first-order valence-corrected chi connectivity index (χ1v) is 9.30. The Kier molecular flexibility index (Phi) is 4.92. The smallest absolute Gasteiger partial charge is 0.262 e. The minimum Gasteiger partial charge on any atom is -0.379 e. The van der Waals surface area contributed by atoms with Crippen molar-refractivity contribution >= 4 is 16.7 Å². The summed E-state index contributed by atoms with van der Waals surface area (Å²) in [6, 6.07) is 13.5. The van der Waals surface area contributed by atoms with E-state index in [-0.39, 0.29) is 17.5 Å². The van der Waals surface area contributed by atoms with Crippen LogP contribution >= 0.6 is 0 Å². The lowest BCUT2D eigenvalue weighted by atomic mass is 10.2. The number of aromatic nitrogens is 4. The average Bonchev–Trinajstić information content (AvgIpc) is 3.13. The highest BCUT2D eigenvalue weighted by molar-refractivity contribution is 5.82. The molecular formula is C21H21FN4O2. The van der Waals surface area contributed by atoms with Crippen molar-refractivity contribution < 1.29 is 9.13 Å². The third kappa shape index (κ3) is 3.29. The number of benzene rings is 2. The molecule has 6 nitrogen and oxygen atoms in total. The maximum absolute atomic E-state index is 13.3. The topological polar surface area (TPSA) is 61.4 Å². The molecule has 144 valence electrons. The summed E-state index contributed by atoms with van der Waals surface area (Å²) in [7, 11) is 0. The molecule has 2 aromatic heterocycles. The molecule has 0 N–H and O–H groups in total. The molecule has 4 rings (SSSR count). The van der Waals surface area contributed by atoms with Crippen molar-refractivity contribution in [2.45, 2.75) is 32.9 Å². The van der Waals surface area contributed by atoms with E-state index in [2.05, 4.69) is 10.2 Å². The Morgan fingerprint density at radius 1 is 1.07 bits per heavy atom. The predicted molar refractivity (Wildman–Crippen MR) is 106 cm³/mol. The van der Waals surface area contributed by atoms with Crippen LogP contribution in [0.25, 0.3) is 28.1 Å². The molecule has 0 aliphatic rings. The van der Waals surface area contributed by atoms with Crippen molar-refractivity contribution in [2.75, 3.05) is 6.61 Å². The van der Waals surface area contributed by atoms with Crippen LogP contribution < -0.4 is 5.56 Å². The Hall–Kier alpha value is -3.06. The van der Waals surface area contributed by atoms with Crippen LogP contribution in [0.3, 0.4) is 0 Å². The number of rotatable bonds is 6. The molecule has 4 aromatic rings. The number of fused-ring (bicyclic) bond motifs is 3. The molecule has 0 saturated heterocycles. The summed E-state index contributed by atoms with van der Waals surface area (Å²) in [5.74, 6) is 0.718. The van der Waals surface area contributed by atoms with Gasteiger partial charge in [-0.15, -0.1) is 10.2 Å². The molecule has 0 unspecified atom stereocenters. The van der Waals surface area contributed by atoms with Gasteiger partial charge in [-0.05, 0) is 56.7 Å². The Morgan fingerprint density at radius 3 is 2.57 bits per heavy atom. The van der Waals surface area contributed by atoms with Crippen LogP contribution in [0.15, 0.2) is 53.3 Å². The van der Waals surface area contributed by atoms with Crippen LogP contribution in [-0.2, 0) is 11.3 Å². The minimum atomic E-state index is -0.315. The molecule has 0 bridgehead atoms. The van der Waals surface area contributed by atoms with Gasteiger partial charge in [0, 0.05) is 18.7 Å². The Balaban J connectivity index is 1.88. The molecule has 2 heterocycles. The maximum Gasteiger partial charge on any atom is 0.262 e. The zero-order valence-corrected chi connectivity index (χ0v) is 15.8. The highest BCUT2D eigenvalue weighted by atomic mass is 19.1. The van der Waals surface area contributed by atoms with Gasteiger partial charge in [0.25, 0.3) is 5.56 Å². The molecule has 2 aromatic carbocycles. The fourth-order valence-corrected chi connectivity index (χ4v) is 3.29. The van der Waals surface area contributed by atoms with Gasteiger partial charge in [0.15, 0.2) is 5.82 Å². The quantitative estimate of drug-likeness (QED) is 0.479. The third-order valence-electron chi connectivity index (χ3n) is 4.59. The van der Waals surface area contributed by atoms with Crippen LogP contribution in [0.4, 0.5) is 4.39 Å². The van der Waals surface area contributed by atoms with Gasteiger partial charge >= 0.3 is 0 Å². The molecule has 28 heavy (non-hydrogen) atoms. The number of nitrogens with zero attached hydrogens (tertiary/aromatic N) is 4. The van der Waals surface area contributed by atoms with Gasteiger partial charge in [-0.1, -0.05) is 12.1 Å². The zero-order valence-electron chi connectivity index (χ0n) is 15.8. The summed E-state index contributed by atoms with van der Waals surface area (Å²) in [5, 5.41) is 9.17. The fraction of sp³-hybridized carbons (Fsp3) is 0.286. The van der Waals surface area contributed by atoms with Crippen LogP contribution in [0.5, 0.6) is 0 Å². The third-order valence-corrected chi connectivity index (χ3v) is 4.59. The molecular weight excluding hydrogens is 359 g/mol. The Morgan fingerprint density at radius 2 is 1.82 bits per heavy atom. The van der Waals surface area contributed by atoms with E-state index in [1.54, 1.807) is 22.8 Å². The molecule has 0 saturated carbocycles. The number of halogens is 1. The molecule has 0 spiro atoms. The summed E-state index contributed by atoms with van der Waals surface area (Å²) >= 11 is 0. The summed E-state index contributed by atoms with van der Waals surface area (Å²) < 4.78 is 22.4. The van der Waals surface area contributed by atoms with E-state index in [1.807, 2.05) is 36.4 Å².